The number of aryl methyl sites for hydroxylation is 2. The number of nitrogens with zero attached hydrogens (tertiary/aromatic N) is 2. The molecular formula is C23H25N3S. The van der Waals surface area contributed by atoms with E-state index < -0.39 is 0 Å². The molecule has 0 fully saturated rings. The first-order valence-corrected chi connectivity index (χ1v) is 10.3. The number of nitrogens with one attached hydrogen (secondary N) is 1. The first-order chi connectivity index (χ1) is 13.1. The molecule has 4 heteroatoms. The molecule has 0 amide bonds. The molecule has 138 valence electrons. The van der Waals surface area contributed by atoms with Crippen LogP contribution in [0.1, 0.15) is 36.6 Å². The highest BCUT2D eigenvalue weighted by Gasteiger charge is 2.06. The Balaban J connectivity index is 1.60. The maximum absolute atomic E-state index is 4.90. The first-order valence-electron chi connectivity index (χ1n) is 9.46. The van der Waals surface area contributed by atoms with Gasteiger partial charge in [0.25, 0.3) is 0 Å². The van der Waals surface area contributed by atoms with Crippen molar-refractivity contribution in [2.75, 3.05) is 0 Å². The van der Waals surface area contributed by atoms with E-state index in [9.17, 15) is 0 Å². The summed E-state index contributed by atoms with van der Waals surface area (Å²) in [5.74, 6) is 0.546. The molecule has 2 heterocycles. The van der Waals surface area contributed by atoms with Crippen LogP contribution in [0.3, 0.4) is 0 Å². The quantitative estimate of drug-likeness (QED) is 0.448. The van der Waals surface area contributed by atoms with Crippen LogP contribution in [0.15, 0.2) is 65.1 Å². The van der Waals surface area contributed by atoms with E-state index in [0.717, 1.165) is 23.5 Å². The lowest BCUT2D eigenvalue weighted by atomic mass is 10.0. The molecule has 27 heavy (non-hydrogen) atoms. The van der Waals surface area contributed by atoms with E-state index in [1.165, 1.54) is 27.7 Å². The van der Waals surface area contributed by atoms with Crippen LogP contribution >= 0.6 is 11.3 Å². The zero-order valence-electron chi connectivity index (χ0n) is 16.1. The number of aromatic nitrogens is 2. The van der Waals surface area contributed by atoms with Gasteiger partial charge in [0.2, 0.25) is 0 Å². The predicted octanol–water partition coefficient (Wildman–Crippen LogP) is 5.94. The fourth-order valence-electron chi connectivity index (χ4n) is 3.39. The number of aromatic amines is 1. The van der Waals surface area contributed by atoms with Crippen molar-refractivity contribution in [2.45, 2.75) is 39.7 Å². The van der Waals surface area contributed by atoms with E-state index in [2.05, 4.69) is 90.4 Å². The summed E-state index contributed by atoms with van der Waals surface area (Å²) < 4.78 is 2.32. The van der Waals surface area contributed by atoms with Crippen LogP contribution in [0.5, 0.6) is 0 Å². The Hall–Kier alpha value is -2.59. The Morgan fingerprint density at radius 3 is 2.63 bits per heavy atom. The average molecular weight is 376 g/mol. The topological polar surface area (TPSA) is 33.1 Å². The number of para-hydroxylation sites is 1. The molecule has 2 aromatic carbocycles. The number of H-pyrrole nitrogens is 1. The minimum Gasteiger partial charge on any atom is -0.361 e. The van der Waals surface area contributed by atoms with Crippen LogP contribution in [0.2, 0.25) is 0 Å². The Kier molecular flexibility index (Phi) is 4.99. The van der Waals surface area contributed by atoms with Crippen molar-refractivity contribution in [3.63, 3.8) is 0 Å². The lowest BCUT2D eigenvalue weighted by Gasteiger charge is -2.07. The summed E-state index contributed by atoms with van der Waals surface area (Å²) in [5.41, 5.74) is 6.19. The van der Waals surface area contributed by atoms with Gasteiger partial charge in [-0.1, -0.05) is 44.2 Å². The molecule has 0 spiro atoms. The van der Waals surface area contributed by atoms with Crippen molar-refractivity contribution in [1.82, 2.24) is 9.55 Å². The Labute approximate surface area is 164 Å². The minimum atomic E-state index is 0.546. The maximum atomic E-state index is 4.90. The van der Waals surface area contributed by atoms with E-state index in [0.29, 0.717) is 5.92 Å². The molecule has 4 rings (SSSR count). The van der Waals surface area contributed by atoms with Crippen molar-refractivity contribution in [1.29, 1.82) is 0 Å². The Bertz CT molecular complexity index is 1110. The van der Waals surface area contributed by atoms with Crippen molar-refractivity contribution < 1.29 is 0 Å². The molecule has 0 aliphatic carbocycles. The number of fused-ring (bicyclic) bond motifs is 1. The average Bonchev–Trinajstić information content (AvgIpc) is 3.24. The highest BCUT2D eigenvalue weighted by molar-refractivity contribution is 7.07. The van der Waals surface area contributed by atoms with Crippen LogP contribution < -0.4 is 4.80 Å². The molecule has 4 aromatic rings. The largest absolute Gasteiger partial charge is 0.361 e. The molecule has 0 unspecified atom stereocenters. The summed E-state index contributed by atoms with van der Waals surface area (Å²) in [7, 11) is 0. The van der Waals surface area contributed by atoms with Crippen LogP contribution in [0, 0.1) is 6.92 Å². The van der Waals surface area contributed by atoms with Gasteiger partial charge in [-0.15, -0.1) is 11.3 Å². The summed E-state index contributed by atoms with van der Waals surface area (Å²) in [4.78, 5) is 9.33. The summed E-state index contributed by atoms with van der Waals surface area (Å²) in [6, 6.07) is 17.1. The molecule has 0 aliphatic heterocycles. The second-order valence-corrected chi connectivity index (χ2v) is 8.12. The molecule has 0 aliphatic rings. The lowest BCUT2D eigenvalue weighted by molar-refractivity contribution is 0.660. The third-order valence-corrected chi connectivity index (χ3v) is 6.04. The van der Waals surface area contributed by atoms with Crippen molar-refractivity contribution in [2.24, 2.45) is 4.99 Å². The van der Waals surface area contributed by atoms with E-state index in [1.807, 2.05) is 0 Å². The van der Waals surface area contributed by atoms with E-state index in [1.54, 1.807) is 11.3 Å². The van der Waals surface area contributed by atoms with Gasteiger partial charge in [0.05, 0.1) is 5.69 Å². The summed E-state index contributed by atoms with van der Waals surface area (Å²) >= 11 is 1.71. The van der Waals surface area contributed by atoms with Crippen molar-refractivity contribution in [3.05, 3.63) is 81.7 Å². The smallest absolute Gasteiger partial charge is 0.190 e. The van der Waals surface area contributed by atoms with Gasteiger partial charge in [-0.3, -0.25) is 0 Å². The van der Waals surface area contributed by atoms with Crippen LogP contribution in [0.4, 0.5) is 5.69 Å². The molecule has 2 aromatic heterocycles. The number of benzene rings is 2. The molecule has 3 nitrogen and oxygen atoms in total. The van der Waals surface area contributed by atoms with Gasteiger partial charge in [-0.05, 0) is 48.6 Å². The van der Waals surface area contributed by atoms with Crippen LogP contribution in [-0.2, 0) is 13.0 Å². The fraction of sp³-hybridized carbons (Fsp3) is 0.261. The standard InChI is InChI=1S/C23H25N3S/c1-16(2)18-8-10-20(11-9-18)25-23-26(17(3)15-27-23)13-12-19-14-24-22-7-5-4-6-21(19)22/h4-11,14-16,24H,12-13H2,1-3H3. The summed E-state index contributed by atoms with van der Waals surface area (Å²) in [6.45, 7) is 7.52. The van der Waals surface area contributed by atoms with Gasteiger partial charge in [-0.2, -0.15) is 0 Å². The van der Waals surface area contributed by atoms with Gasteiger partial charge < -0.3 is 9.55 Å². The Morgan fingerprint density at radius 1 is 1.07 bits per heavy atom. The molecule has 0 atom stereocenters. The highest BCUT2D eigenvalue weighted by atomic mass is 32.1. The second-order valence-electron chi connectivity index (χ2n) is 7.28. The summed E-state index contributed by atoms with van der Waals surface area (Å²) in [6.07, 6.45) is 3.12. The molecule has 0 bridgehead atoms. The lowest BCUT2D eigenvalue weighted by Crippen LogP contribution is -2.17. The third kappa shape index (κ3) is 3.76. The van der Waals surface area contributed by atoms with Gasteiger partial charge in [0, 0.05) is 34.7 Å². The van der Waals surface area contributed by atoms with Gasteiger partial charge >= 0.3 is 0 Å². The Morgan fingerprint density at radius 2 is 1.85 bits per heavy atom. The van der Waals surface area contributed by atoms with Crippen molar-refractivity contribution in [3.8, 4) is 0 Å². The normalized spacial score (nSPS) is 12.4. The minimum absolute atomic E-state index is 0.546. The van der Waals surface area contributed by atoms with Crippen molar-refractivity contribution >= 4 is 27.9 Å². The fourth-order valence-corrected chi connectivity index (χ4v) is 4.31. The van der Waals surface area contributed by atoms with Gasteiger partial charge in [0.15, 0.2) is 4.80 Å². The zero-order valence-corrected chi connectivity index (χ0v) is 16.9. The summed E-state index contributed by atoms with van der Waals surface area (Å²) in [5, 5.41) is 3.50. The molecule has 0 radical (unpaired) electrons. The highest BCUT2D eigenvalue weighted by Crippen LogP contribution is 2.20. The molecule has 0 saturated carbocycles. The number of thiazole rings is 1. The maximum Gasteiger partial charge on any atom is 0.190 e. The predicted molar refractivity (Wildman–Crippen MR) is 115 cm³/mol. The third-order valence-electron chi connectivity index (χ3n) is 5.06. The van der Waals surface area contributed by atoms with E-state index >= 15 is 0 Å². The van der Waals surface area contributed by atoms with E-state index in [4.69, 9.17) is 4.99 Å². The monoisotopic (exact) mass is 375 g/mol. The molecule has 1 N–H and O–H groups in total. The number of rotatable bonds is 5. The van der Waals surface area contributed by atoms with Gasteiger partial charge in [-0.25, -0.2) is 4.99 Å². The van der Waals surface area contributed by atoms with E-state index in [-0.39, 0.29) is 0 Å². The first kappa shape index (κ1) is 17.8. The van der Waals surface area contributed by atoms with Gasteiger partial charge in [0.1, 0.15) is 0 Å². The van der Waals surface area contributed by atoms with Crippen LogP contribution in [-0.4, -0.2) is 9.55 Å². The molecule has 0 saturated heterocycles. The SMILES string of the molecule is Cc1csc(=Nc2ccc(C(C)C)cc2)n1CCc1c[nH]c2ccccc12. The second kappa shape index (κ2) is 7.57. The number of hydrogen-bond donors (Lipinski definition) is 1. The molecular weight excluding hydrogens is 350 g/mol. The van der Waals surface area contributed by atoms with Crippen LogP contribution in [0.25, 0.3) is 10.9 Å². The number of hydrogen-bond acceptors (Lipinski definition) is 2. The zero-order chi connectivity index (χ0) is 18.8.